The Bertz CT molecular complexity index is 673. The van der Waals surface area contributed by atoms with E-state index in [0.717, 1.165) is 22.1 Å². The van der Waals surface area contributed by atoms with Crippen molar-refractivity contribution >= 4 is 27.6 Å². The van der Waals surface area contributed by atoms with Crippen LogP contribution in [0.5, 0.6) is 0 Å². The molecule has 21 heavy (non-hydrogen) atoms. The molecule has 2 rings (SSSR count). The zero-order chi connectivity index (χ0) is 15.4. The molecule has 2 aromatic rings. The number of aromatic carboxylic acids is 1. The molecule has 0 aliphatic heterocycles. The van der Waals surface area contributed by atoms with E-state index in [4.69, 9.17) is 5.11 Å². The van der Waals surface area contributed by atoms with E-state index in [1.54, 1.807) is 0 Å². The first-order valence-corrected chi connectivity index (χ1v) is 7.34. The minimum Gasteiger partial charge on any atom is -0.478 e. The molecular formula is C16H15BrFNO2. The summed E-state index contributed by atoms with van der Waals surface area (Å²) in [5.74, 6) is -1.48. The van der Waals surface area contributed by atoms with Crippen molar-refractivity contribution in [1.82, 2.24) is 0 Å². The molecule has 110 valence electrons. The number of hydrogen-bond donors (Lipinski definition) is 2. The summed E-state index contributed by atoms with van der Waals surface area (Å²) in [4.78, 5) is 10.9. The second-order valence-corrected chi connectivity index (χ2v) is 5.54. The molecule has 0 aliphatic rings. The summed E-state index contributed by atoms with van der Waals surface area (Å²) in [5.41, 5.74) is 2.44. The predicted molar refractivity (Wildman–Crippen MR) is 84.2 cm³/mol. The van der Waals surface area contributed by atoms with E-state index in [-0.39, 0.29) is 12.1 Å². The van der Waals surface area contributed by atoms with Gasteiger partial charge in [0.2, 0.25) is 0 Å². The quantitative estimate of drug-likeness (QED) is 0.835. The number of carbonyl (C=O) groups is 1. The highest BCUT2D eigenvalue weighted by Crippen LogP contribution is 2.22. The van der Waals surface area contributed by atoms with Crippen LogP contribution in [0.1, 0.15) is 28.4 Å². The normalized spacial score (nSPS) is 10.4. The number of rotatable bonds is 5. The fourth-order valence-electron chi connectivity index (χ4n) is 2.06. The van der Waals surface area contributed by atoms with Crippen molar-refractivity contribution in [3.05, 3.63) is 63.4 Å². The molecule has 0 saturated heterocycles. The minimum atomic E-state index is -1.06. The van der Waals surface area contributed by atoms with E-state index in [1.807, 2.05) is 25.1 Å². The molecule has 0 aromatic heterocycles. The third-order valence-electron chi connectivity index (χ3n) is 3.21. The van der Waals surface area contributed by atoms with Crippen molar-refractivity contribution < 1.29 is 14.3 Å². The summed E-state index contributed by atoms with van der Waals surface area (Å²) in [7, 11) is 0. The molecule has 0 spiro atoms. The van der Waals surface area contributed by atoms with Crippen LogP contribution >= 0.6 is 15.9 Å². The molecular weight excluding hydrogens is 337 g/mol. The Labute approximate surface area is 130 Å². The first kappa shape index (κ1) is 15.5. The van der Waals surface area contributed by atoms with Crippen LogP contribution in [-0.2, 0) is 13.0 Å². The third-order valence-corrected chi connectivity index (χ3v) is 3.70. The van der Waals surface area contributed by atoms with E-state index in [9.17, 15) is 9.18 Å². The molecule has 0 radical (unpaired) electrons. The fraction of sp³-hybridized carbons (Fsp3) is 0.188. The maximum atomic E-state index is 13.7. The lowest BCUT2D eigenvalue weighted by molar-refractivity contribution is 0.0696. The monoisotopic (exact) mass is 351 g/mol. The lowest BCUT2D eigenvalue weighted by Crippen LogP contribution is -2.06. The third kappa shape index (κ3) is 3.82. The maximum absolute atomic E-state index is 13.7. The Kier molecular flexibility index (Phi) is 4.96. The van der Waals surface area contributed by atoms with E-state index < -0.39 is 11.8 Å². The van der Waals surface area contributed by atoms with Gasteiger partial charge in [0.1, 0.15) is 5.82 Å². The summed E-state index contributed by atoms with van der Waals surface area (Å²) in [6, 6.07) is 9.63. The average molecular weight is 352 g/mol. The number of benzene rings is 2. The average Bonchev–Trinajstić information content (AvgIpc) is 2.47. The van der Waals surface area contributed by atoms with Gasteiger partial charge in [-0.15, -0.1) is 0 Å². The number of nitrogens with one attached hydrogen (secondary N) is 1. The Balaban J connectivity index is 2.20. The molecule has 0 bridgehead atoms. The van der Waals surface area contributed by atoms with Crippen molar-refractivity contribution in [3.8, 4) is 0 Å². The summed E-state index contributed by atoms with van der Waals surface area (Å²) < 4.78 is 14.7. The van der Waals surface area contributed by atoms with Crippen LogP contribution in [0.15, 0.2) is 40.9 Å². The standard InChI is InChI=1S/C16H15BrFNO2/c1-2-10-8-13(17)4-6-15(10)19-9-12-7-11(16(20)21)3-5-14(12)18/h3-8,19H,2,9H2,1H3,(H,20,21). The van der Waals surface area contributed by atoms with E-state index in [2.05, 4.69) is 21.2 Å². The van der Waals surface area contributed by atoms with Gasteiger partial charge in [0, 0.05) is 22.3 Å². The number of halogens is 2. The first-order chi connectivity index (χ1) is 10.0. The van der Waals surface area contributed by atoms with Crippen molar-refractivity contribution in [2.45, 2.75) is 19.9 Å². The number of carboxylic acid groups (broad SMARTS) is 1. The van der Waals surface area contributed by atoms with Crippen LogP contribution in [0.3, 0.4) is 0 Å². The Hall–Kier alpha value is -1.88. The smallest absolute Gasteiger partial charge is 0.335 e. The van der Waals surface area contributed by atoms with Gasteiger partial charge < -0.3 is 10.4 Å². The molecule has 0 amide bonds. The molecule has 0 aliphatic carbocycles. The molecule has 3 nitrogen and oxygen atoms in total. The molecule has 0 heterocycles. The van der Waals surface area contributed by atoms with Crippen LogP contribution in [0.25, 0.3) is 0 Å². The second kappa shape index (κ2) is 6.72. The van der Waals surface area contributed by atoms with Gasteiger partial charge >= 0.3 is 5.97 Å². The van der Waals surface area contributed by atoms with Crippen LogP contribution in [0.2, 0.25) is 0 Å². The zero-order valence-corrected chi connectivity index (χ0v) is 13.1. The molecule has 2 N–H and O–H groups in total. The van der Waals surface area contributed by atoms with Gasteiger partial charge in [-0.25, -0.2) is 9.18 Å². The number of carboxylic acids is 1. The van der Waals surface area contributed by atoms with Crippen molar-refractivity contribution in [3.63, 3.8) is 0 Å². The maximum Gasteiger partial charge on any atom is 0.335 e. The van der Waals surface area contributed by atoms with Crippen molar-refractivity contribution in [1.29, 1.82) is 0 Å². The summed E-state index contributed by atoms with van der Waals surface area (Å²) in [5, 5.41) is 12.1. The highest BCUT2D eigenvalue weighted by Gasteiger charge is 2.09. The Morgan fingerprint density at radius 2 is 2.00 bits per heavy atom. The van der Waals surface area contributed by atoms with Gasteiger partial charge in [0.15, 0.2) is 0 Å². The highest BCUT2D eigenvalue weighted by atomic mass is 79.9. The number of anilines is 1. The van der Waals surface area contributed by atoms with Gasteiger partial charge in [0.25, 0.3) is 0 Å². The van der Waals surface area contributed by atoms with Crippen LogP contribution < -0.4 is 5.32 Å². The van der Waals surface area contributed by atoms with Crippen molar-refractivity contribution in [2.24, 2.45) is 0 Å². The van der Waals surface area contributed by atoms with Crippen LogP contribution in [-0.4, -0.2) is 11.1 Å². The van der Waals surface area contributed by atoms with Gasteiger partial charge in [-0.1, -0.05) is 22.9 Å². The molecule has 0 saturated carbocycles. The van der Waals surface area contributed by atoms with Crippen LogP contribution in [0, 0.1) is 5.82 Å². The minimum absolute atomic E-state index is 0.0831. The topological polar surface area (TPSA) is 49.3 Å². The molecule has 0 atom stereocenters. The van der Waals surface area contributed by atoms with Gasteiger partial charge in [-0.05, 0) is 48.4 Å². The molecule has 2 aromatic carbocycles. The van der Waals surface area contributed by atoms with Crippen LogP contribution in [0.4, 0.5) is 10.1 Å². The van der Waals surface area contributed by atoms with E-state index >= 15 is 0 Å². The lowest BCUT2D eigenvalue weighted by atomic mass is 10.1. The van der Waals surface area contributed by atoms with Gasteiger partial charge in [-0.2, -0.15) is 0 Å². The van der Waals surface area contributed by atoms with Gasteiger partial charge in [-0.3, -0.25) is 0 Å². The molecule has 5 heteroatoms. The Morgan fingerprint density at radius 1 is 1.24 bits per heavy atom. The van der Waals surface area contributed by atoms with E-state index in [1.165, 1.54) is 18.2 Å². The SMILES string of the molecule is CCc1cc(Br)ccc1NCc1cc(C(=O)O)ccc1F. The summed E-state index contributed by atoms with van der Waals surface area (Å²) in [6.45, 7) is 2.28. The lowest BCUT2D eigenvalue weighted by Gasteiger charge is -2.12. The first-order valence-electron chi connectivity index (χ1n) is 6.55. The largest absolute Gasteiger partial charge is 0.478 e. The van der Waals surface area contributed by atoms with Gasteiger partial charge in [0.05, 0.1) is 5.56 Å². The van der Waals surface area contributed by atoms with Crippen molar-refractivity contribution in [2.75, 3.05) is 5.32 Å². The highest BCUT2D eigenvalue weighted by molar-refractivity contribution is 9.10. The number of aryl methyl sites for hydroxylation is 1. The number of hydrogen-bond acceptors (Lipinski definition) is 2. The molecule has 0 fully saturated rings. The Morgan fingerprint density at radius 3 is 2.67 bits per heavy atom. The summed E-state index contributed by atoms with van der Waals surface area (Å²) >= 11 is 3.42. The molecule has 0 unspecified atom stereocenters. The fourth-order valence-corrected chi connectivity index (χ4v) is 2.47. The summed E-state index contributed by atoms with van der Waals surface area (Å²) in [6.07, 6.45) is 0.847. The predicted octanol–water partition coefficient (Wildman–Crippen LogP) is 4.46. The zero-order valence-electron chi connectivity index (χ0n) is 11.5. The van der Waals surface area contributed by atoms with E-state index in [0.29, 0.717) is 5.56 Å². The second-order valence-electron chi connectivity index (χ2n) is 4.62.